The second-order valence-corrected chi connectivity index (χ2v) is 3.69. The van der Waals surface area contributed by atoms with E-state index in [-0.39, 0.29) is 11.5 Å². The first-order chi connectivity index (χ1) is 7.61. The molecule has 0 saturated carbocycles. The number of nitrogens with two attached hydrogens (primary N) is 1. The van der Waals surface area contributed by atoms with Gasteiger partial charge in [0.2, 0.25) is 0 Å². The van der Waals surface area contributed by atoms with Crippen molar-refractivity contribution in [2.45, 2.75) is 25.6 Å². The van der Waals surface area contributed by atoms with E-state index in [2.05, 4.69) is 9.47 Å². The van der Waals surface area contributed by atoms with Gasteiger partial charge in [-0.2, -0.15) is 0 Å². The average Bonchev–Trinajstić information content (AvgIpc) is 2.51. The summed E-state index contributed by atoms with van der Waals surface area (Å²) in [6.07, 6.45) is -0.866. The van der Waals surface area contributed by atoms with Crippen LogP contribution in [0, 0.1) is 0 Å². The SMILES string of the molecule is NCCCCc1ccc2c(c1)OC(F)(F)O2. The second-order valence-electron chi connectivity index (χ2n) is 3.69. The Morgan fingerprint density at radius 1 is 1.12 bits per heavy atom. The molecule has 2 N–H and O–H groups in total. The first-order valence-electron chi connectivity index (χ1n) is 5.19. The lowest BCUT2D eigenvalue weighted by atomic mass is 10.1. The molecule has 0 unspecified atom stereocenters. The molecule has 0 aliphatic carbocycles. The number of fused-ring (bicyclic) bond motifs is 1. The number of unbranched alkanes of at least 4 members (excludes halogenated alkanes) is 1. The summed E-state index contributed by atoms with van der Waals surface area (Å²) in [6.45, 7) is 0.641. The van der Waals surface area contributed by atoms with Gasteiger partial charge in [0.15, 0.2) is 11.5 Å². The van der Waals surface area contributed by atoms with Crippen LogP contribution in [0.5, 0.6) is 11.5 Å². The van der Waals surface area contributed by atoms with Crippen LogP contribution in [0.1, 0.15) is 18.4 Å². The lowest BCUT2D eigenvalue weighted by molar-refractivity contribution is -0.286. The summed E-state index contributed by atoms with van der Waals surface area (Å²) in [5, 5.41) is 0. The molecule has 88 valence electrons. The first kappa shape index (κ1) is 11.1. The molecule has 0 amide bonds. The fourth-order valence-electron chi connectivity index (χ4n) is 1.62. The smallest absolute Gasteiger partial charge is 0.395 e. The molecule has 0 spiro atoms. The van der Waals surface area contributed by atoms with Gasteiger partial charge in [-0.15, -0.1) is 8.78 Å². The monoisotopic (exact) mass is 229 g/mol. The zero-order valence-electron chi connectivity index (χ0n) is 8.71. The van der Waals surface area contributed by atoms with Crippen LogP contribution in [-0.4, -0.2) is 12.8 Å². The standard InChI is InChI=1S/C11H13F2NO2/c12-11(13)15-9-5-4-8(3-1-2-6-14)7-10(9)16-11/h4-5,7H,1-3,6,14H2. The van der Waals surface area contributed by atoms with Gasteiger partial charge in [0.1, 0.15) is 0 Å². The van der Waals surface area contributed by atoms with E-state index in [0.717, 1.165) is 24.8 Å². The third-order valence-corrected chi connectivity index (χ3v) is 2.39. The Balaban J connectivity index is 2.04. The fraction of sp³-hybridized carbons (Fsp3) is 0.455. The molecule has 1 aliphatic rings. The number of benzene rings is 1. The summed E-state index contributed by atoms with van der Waals surface area (Å²) in [5.41, 5.74) is 6.33. The molecular formula is C11H13F2NO2. The van der Waals surface area contributed by atoms with Gasteiger partial charge in [0.05, 0.1) is 0 Å². The van der Waals surface area contributed by atoms with Gasteiger partial charge >= 0.3 is 6.29 Å². The molecule has 0 aromatic heterocycles. The van der Waals surface area contributed by atoms with Crippen LogP contribution < -0.4 is 15.2 Å². The predicted octanol–water partition coefficient (Wildman–Crippen LogP) is 2.29. The van der Waals surface area contributed by atoms with Crippen LogP contribution in [-0.2, 0) is 6.42 Å². The molecule has 1 aromatic rings. The van der Waals surface area contributed by atoms with Crippen LogP contribution in [0.3, 0.4) is 0 Å². The van der Waals surface area contributed by atoms with Crippen LogP contribution >= 0.6 is 0 Å². The minimum absolute atomic E-state index is 0.0903. The molecule has 3 nitrogen and oxygen atoms in total. The Bertz CT molecular complexity index is 382. The maximum absolute atomic E-state index is 12.7. The maximum Gasteiger partial charge on any atom is 0.586 e. The van der Waals surface area contributed by atoms with Crippen molar-refractivity contribution in [2.24, 2.45) is 5.73 Å². The zero-order valence-corrected chi connectivity index (χ0v) is 8.71. The summed E-state index contributed by atoms with van der Waals surface area (Å²) >= 11 is 0. The van der Waals surface area contributed by atoms with Crippen molar-refractivity contribution >= 4 is 0 Å². The number of hydrogen-bond acceptors (Lipinski definition) is 3. The van der Waals surface area contributed by atoms with Gasteiger partial charge in [0, 0.05) is 0 Å². The highest BCUT2D eigenvalue weighted by atomic mass is 19.3. The van der Waals surface area contributed by atoms with Crippen LogP contribution in [0.2, 0.25) is 0 Å². The molecule has 0 radical (unpaired) electrons. The first-order valence-corrected chi connectivity index (χ1v) is 5.19. The predicted molar refractivity (Wildman–Crippen MR) is 54.6 cm³/mol. The minimum atomic E-state index is -3.53. The molecule has 1 aromatic carbocycles. The third kappa shape index (κ3) is 2.41. The Morgan fingerprint density at radius 3 is 2.62 bits per heavy atom. The van der Waals surface area contributed by atoms with Gasteiger partial charge in [-0.25, -0.2) is 0 Å². The highest BCUT2D eigenvalue weighted by Gasteiger charge is 2.43. The number of halogens is 2. The van der Waals surface area contributed by atoms with E-state index in [0.29, 0.717) is 6.54 Å². The van der Waals surface area contributed by atoms with Crippen molar-refractivity contribution in [3.05, 3.63) is 23.8 Å². The number of aryl methyl sites for hydroxylation is 1. The van der Waals surface area contributed by atoms with Gasteiger partial charge in [-0.05, 0) is 43.5 Å². The molecular weight excluding hydrogens is 216 g/mol. The molecule has 1 heterocycles. The topological polar surface area (TPSA) is 44.5 Å². The van der Waals surface area contributed by atoms with Crippen molar-refractivity contribution in [3.63, 3.8) is 0 Å². The van der Waals surface area contributed by atoms with Crippen molar-refractivity contribution in [3.8, 4) is 11.5 Å². The minimum Gasteiger partial charge on any atom is -0.395 e. The molecule has 0 atom stereocenters. The molecule has 0 bridgehead atoms. The van der Waals surface area contributed by atoms with E-state index < -0.39 is 6.29 Å². The Hall–Kier alpha value is -1.36. The molecule has 5 heteroatoms. The van der Waals surface area contributed by atoms with Crippen LogP contribution in [0.25, 0.3) is 0 Å². The molecule has 2 rings (SSSR count). The van der Waals surface area contributed by atoms with Crippen molar-refractivity contribution < 1.29 is 18.3 Å². The van der Waals surface area contributed by atoms with Gasteiger partial charge in [0.25, 0.3) is 0 Å². The largest absolute Gasteiger partial charge is 0.586 e. The van der Waals surface area contributed by atoms with E-state index in [1.165, 1.54) is 6.07 Å². The van der Waals surface area contributed by atoms with Gasteiger partial charge in [-0.1, -0.05) is 6.07 Å². The van der Waals surface area contributed by atoms with Crippen LogP contribution in [0.15, 0.2) is 18.2 Å². The quantitative estimate of drug-likeness (QED) is 0.805. The molecule has 0 saturated heterocycles. The summed E-state index contributed by atoms with van der Waals surface area (Å²) < 4.78 is 34.1. The number of hydrogen-bond donors (Lipinski definition) is 1. The Morgan fingerprint density at radius 2 is 1.88 bits per heavy atom. The van der Waals surface area contributed by atoms with Crippen molar-refractivity contribution in [1.82, 2.24) is 0 Å². The van der Waals surface area contributed by atoms with E-state index in [1.54, 1.807) is 12.1 Å². The van der Waals surface area contributed by atoms with Gasteiger partial charge in [-0.3, -0.25) is 0 Å². The highest BCUT2D eigenvalue weighted by molar-refractivity contribution is 5.45. The molecule has 16 heavy (non-hydrogen) atoms. The molecule has 1 aliphatic heterocycles. The van der Waals surface area contributed by atoms with E-state index in [9.17, 15) is 8.78 Å². The fourth-order valence-corrected chi connectivity index (χ4v) is 1.62. The molecule has 0 fully saturated rings. The highest BCUT2D eigenvalue weighted by Crippen LogP contribution is 2.41. The number of alkyl halides is 2. The summed E-state index contributed by atoms with van der Waals surface area (Å²) in [4.78, 5) is 0. The Labute approximate surface area is 92.1 Å². The van der Waals surface area contributed by atoms with Crippen molar-refractivity contribution in [1.29, 1.82) is 0 Å². The number of ether oxygens (including phenoxy) is 2. The summed E-state index contributed by atoms with van der Waals surface area (Å²) in [6, 6.07) is 4.86. The third-order valence-electron chi connectivity index (χ3n) is 2.39. The number of rotatable bonds is 4. The lowest BCUT2D eigenvalue weighted by Gasteiger charge is -2.04. The van der Waals surface area contributed by atoms with E-state index >= 15 is 0 Å². The normalized spacial score (nSPS) is 16.4. The van der Waals surface area contributed by atoms with E-state index in [4.69, 9.17) is 5.73 Å². The summed E-state index contributed by atoms with van der Waals surface area (Å²) in [7, 11) is 0. The average molecular weight is 229 g/mol. The second kappa shape index (κ2) is 4.25. The Kier molecular flexibility index (Phi) is 2.96. The van der Waals surface area contributed by atoms with Crippen molar-refractivity contribution in [2.75, 3.05) is 6.54 Å². The maximum atomic E-state index is 12.7. The summed E-state index contributed by atoms with van der Waals surface area (Å²) in [5.74, 6) is 0.197. The van der Waals surface area contributed by atoms with Crippen LogP contribution in [0.4, 0.5) is 8.78 Å². The lowest BCUT2D eigenvalue weighted by Crippen LogP contribution is -2.25. The van der Waals surface area contributed by atoms with Gasteiger partial charge < -0.3 is 15.2 Å². The van der Waals surface area contributed by atoms with E-state index in [1.807, 2.05) is 0 Å². The zero-order chi connectivity index (χ0) is 11.6.